The molecule has 1 aromatic rings. The van der Waals surface area contributed by atoms with Crippen LogP contribution in [0.3, 0.4) is 0 Å². The number of thioether (sulfide) groups is 1. The number of aromatic amines is 1. The highest BCUT2D eigenvalue weighted by atomic mass is 32.2. The van der Waals surface area contributed by atoms with E-state index in [9.17, 15) is 29.2 Å². The van der Waals surface area contributed by atoms with Gasteiger partial charge in [-0.1, -0.05) is 11.8 Å². The molecule has 0 aromatic carbocycles. The van der Waals surface area contributed by atoms with E-state index in [2.05, 4.69) is 4.98 Å². The standard InChI is InChI=1S/C17H23N2O10PS/c1-16(2,7-20)14(23)31-6-5-26-30(25)27-8-17-10(22)13(28-11(17)12(17)29-30)19-4-3-9(21)18-15(19)24/h3-4,10-13,20,22H,5-8H2,1-2H3,(H,18,21,24). The van der Waals surface area contributed by atoms with Crippen molar-refractivity contribution in [3.8, 4) is 0 Å². The molecule has 1 saturated carbocycles. The predicted molar refractivity (Wildman–Crippen MR) is 106 cm³/mol. The number of phosphoric ester groups is 1. The summed E-state index contributed by atoms with van der Waals surface area (Å²) in [6.07, 6.45) is -2.42. The molecule has 2 saturated heterocycles. The Bertz CT molecular complexity index is 1040. The van der Waals surface area contributed by atoms with Crippen molar-refractivity contribution in [1.29, 1.82) is 0 Å². The maximum absolute atomic E-state index is 12.7. The van der Waals surface area contributed by atoms with Crippen LogP contribution in [0.4, 0.5) is 0 Å². The van der Waals surface area contributed by atoms with E-state index in [-0.39, 0.29) is 30.7 Å². The van der Waals surface area contributed by atoms with E-state index >= 15 is 0 Å². The van der Waals surface area contributed by atoms with Crippen molar-refractivity contribution in [2.45, 2.75) is 38.4 Å². The summed E-state index contributed by atoms with van der Waals surface area (Å²) in [5, 5.41) is 19.7. The first-order chi connectivity index (χ1) is 14.5. The summed E-state index contributed by atoms with van der Waals surface area (Å²) in [6, 6.07) is 1.14. The van der Waals surface area contributed by atoms with Crippen LogP contribution in [0.15, 0.2) is 21.9 Å². The maximum Gasteiger partial charge on any atom is 0.475 e. The summed E-state index contributed by atoms with van der Waals surface area (Å²) >= 11 is 0.944. The zero-order chi connectivity index (χ0) is 22.6. The topological polar surface area (TPSA) is 166 Å². The van der Waals surface area contributed by atoms with E-state index in [4.69, 9.17) is 18.3 Å². The van der Waals surface area contributed by atoms with Crippen molar-refractivity contribution in [3.63, 3.8) is 0 Å². The SMILES string of the molecule is CC(C)(CO)C(=O)SCCOP1(=O)OCC23C(O)C(n4ccc(=O)[nH]c4=O)OC2C3O1. The molecule has 0 bridgehead atoms. The third-order valence-corrected chi connectivity index (χ3v) is 8.30. The van der Waals surface area contributed by atoms with Gasteiger partial charge in [-0.25, -0.2) is 9.36 Å². The molecular weight excluding hydrogens is 455 g/mol. The summed E-state index contributed by atoms with van der Waals surface area (Å²) in [4.78, 5) is 37.3. The van der Waals surface area contributed by atoms with Crippen molar-refractivity contribution >= 4 is 24.7 Å². The molecule has 12 nitrogen and oxygen atoms in total. The summed E-state index contributed by atoms with van der Waals surface area (Å²) in [5.41, 5.74) is -3.18. The number of fused-ring (bicyclic) bond motifs is 1. The Labute approximate surface area is 180 Å². The Balaban J connectivity index is 1.33. The Morgan fingerprint density at radius 3 is 2.87 bits per heavy atom. The van der Waals surface area contributed by atoms with Gasteiger partial charge in [-0.3, -0.25) is 32.7 Å². The lowest BCUT2D eigenvalue weighted by Gasteiger charge is -2.31. The molecule has 31 heavy (non-hydrogen) atoms. The Kier molecular flexibility index (Phi) is 5.85. The van der Waals surface area contributed by atoms with Gasteiger partial charge in [0.2, 0.25) is 0 Å². The van der Waals surface area contributed by atoms with Gasteiger partial charge in [0.1, 0.15) is 18.3 Å². The molecule has 4 rings (SSSR count). The monoisotopic (exact) mass is 478 g/mol. The van der Waals surface area contributed by atoms with Gasteiger partial charge >= 0.3 is 13.5 Å². The minimum absolute atomic E-state index is 0.0849. The average molecular weight is 478 g/mol. The van der Waals surface area contributed by atoms with Gasteiger partial charge in [-0.05, 0) is 13.8 Å². The van der Waals surface area contributed by atoms with Crippen molar-refractivity contribution < 1.29 is 37.9 Å². The van der Waals surface area contributed by atoms with Crippen LogP contribution in [0.5, 0.6) is 0 Å². The molecule has 1 spiro atoms. The summed E-state index contributed by atoms with van der Waals surface area (Å²) < 4.78 is 35.5. The zero-order valence-electron chi connectivity index (χ0n) is 16.8. The first-order valence-corrected chi connectivity index (χ1v) is 12.0. The van der Waals surface area contributed by atoms with Crippen LogP contribution in [0.2, 0.25) is 0 Å². The van der Waals surface area contributed by atoms with Crippen molar-refractivity contribution in [2.75, 3.05) is 25.6 Å². The lowest BCUT2D eigenvalue weighted by atomic mass is 9.97. The van der Waals surface area contributed by atoms with Gasteiger partial charge < -0.3 is 14.9 Å². The third-order valence-electron chi connectivity index (χ3n) is 5.69. The molecule has 0 amide bonds. The largest absolute Gasteiger partial charge is 0.475 e. The molecule has 0 radical (unpaired) electrons. The van der Waals surface area contributed by atoms with Gasteiger partial charge in [0.25, 0.3) is 5.56 Å². The molecule has 6 unspecified atom stereocenters. The Morgan fingerprint density at radius 1 is 1.45 bits per heavy atom. The highest BCUT2D eigenvalue weighted by Gasteiger charge is 2.81. The summed E-state index contributed by atoms with van der Waals surface area (Å²) in [5.74, 6) is 0.189. The Morgan fingerprint density at radius 2 is 2.19 bits per heavy atom. The van der Waals surface area contributed by atoms with Gasteiger partial charge in [0.15, 0.2) is 11.3 Å². The number of hydrogen-bond donors (Lipinski definition) is 3. The molecule has 3 fully saturated rings. The number of hydrogen-bond acceptors (Lipinski definition) is 11. The van der Waals surface area contributed by atoms with Crippen LogP contribution >= 0.6 is 19.6 Å². The second kappa shape index (κ2) is 7.92. The van der Waals surface area contributed by atoms with E-state index < -0.39 is 54.4 Å². The average Bonchev–Trinajstić information content (AvgIpc) is 3.24. The van der Waals surface area contributed by atoms with E-state index in [1.165, 1.54) is 6.20 Å². The molecule has 6 atom stereocenters. The number of aromatic nitrogens is 2. The number of ether oxygens (including phenoxy) is 1. The molecule has 14 heteroatoms. The van der Waals surface area contributed by atoms with Crippen molar-refractivity contribution in [3.05, 3.63) is 33.1 Å². The van der Waals surface area contributed by atoms with Crippen LogP contribution in [-0.2, 0) is 27.7 Å². The number of nitrogens with zero attached hydrogens (tertiary/aromatic N) is 1. The number of carbonyl (C=O) groups is 1. The minimum atomic E-state index is -3.91. The van der Waals surface area contributed by atoms with Gasteiger partial charge in [-0.2, -0.15) is 0 Å². The maximum atomic E-state index is 12.7. The number of aliphatic hydroxyl groups is 2. The molecule has 1 aromatic heterocycles. The number of nitrogens with one attached hydrogen (secondary N) is 1. The highest BCUT2D eigenvalue weighted by molar-refractivity contribution is 8.13. The summed E-state index contributed by atoms with van der Waals surface area (Å²) in [7, 11) is -3.91. The van der Waals surface area contributed by atoms with Crippen molar-refractivity contribution in [2.24, 2.45) is 10.8 Å². The van der Waals surface area contributed by atoms with E-state index in [1.54, 1.807) is 13.8 Å². The van der Waals surface area contributed by atoms with E-state index in [0.29, 0.717) is 0 Å². The number of carbonyl (C=O) groups excluding carboxylic acids is 1. The van der Waals surface area contributed by atoms with Crippen LogP contribution in [0.1, 0.15) is 20.1 Å². The predicted octanol–water partition coefficient (Wildman–Crippen LogP) is -0.387. The minimum Gasteiger partial charge on any atom is -0.395 e. The fourth-order valence-corrected chi connectivity index (χ4v) is 6.04. The Hall–Kier alpha value is -1.31. The van der Waals surface area contributed by atoms with Gasteiger partial charge in [0, 0.05) is 18.0 Å². The first kappa shape index (κ1) is 22.9. The molecule has 172 valence electrons. The fraction of sp³-hybridized carbons (Fsp3) is 0.706. The lowest BCUT2D eigenvalue weighted by molar-refractivity contribution is -0.119. The first-order valence-electron chi connectivity index (χ1n) is 9.55. The lowest BCUT2D eigenvalue weighted by Crippen LogP contribution is -2.42. The molecule has 3 N–H and O–H groups in total. The van der Waals surface area contributed by atoms with Gasteiger partial charge in [0.05, 0.1) is 30.7 Å². The fourth-order valence-electron chi connectivity index (χ4n) is 3.63. The van der Waals surface area contributed by atoms with Crippen LogP contribution in [0, 0.1) is 10.8 Å². The van der Waals surface area contributed by atoms with Crippen LogP contribution in [0.25, 0.3) is 0 Å². The smallest absolute Gasteiger partial charge is 0.395 e. The second-order valence-electron chi connectivity index (χ2n) is 8.28. The third kappa shape index (κ3) is 3.87. The van der Waals surface area contributed by atoms with E-state index in [0.717, 1.165) is 22.4 Å². The molecule has 1 aliphatic carbocycles. The summed E-state index contributed by atoms with van der Waals surface area (Å²) in [6.45, 7) is 2.69. The molecule has 2 aliphatic heterocycles. The normalized spacial score (nSPS) is 36.6. The second-order valence-corrected chi connectivity index (χ2v) is 11.0. The molecular formula is C17H23N2O10PS. The quantitative estimate of drug-likeness (QED) is 0.345. The number of aliphatic hydroxyl groups excluding tert-OH is 2. The molecule has 3 aliphatic rings. The van der Waals surface area contributed by atoms with E-state index in [1.807, 2.05) is 0 Å². The zero-order valence-corrected chi connectivity index (χ0v) is 18.5. The van der Waals surface area contributed by atoms with Crippen LogP contribution < -0.4 is 11.2 Å². The number of phosphoric acid groups is 1. The highest BCUT2D eigenvalue weighted by Crippen LogP contribution is 2.72. The number of rotatable bonds is 7. The number of H-pyrrole nitrogens is 1. The van der Waals surface area contributed by atoms with Crippen LogP contribution in [-0.4, -0.2) is 68.8 Å². The van der Waals surface area contributed by atoms with Gasteiger partial charge in [-0.15, -0.1) is 0 Å². The molecule has 3 heterocycles. The van der Waals surface area contributed by atoms with Crippen molar-refractivity contribution in [1.82, 2.24) is 9.55 Å².